The smallest absolute Gasteiger partial charge is 0.379 e. The number of halogens is 3. The molecule has 7 nitrogen and oxygen atoms in total. The van der Waals surface area contributed by atoms with Gasteiger partial charge in [-0.2, -0.15) is 13.2 Å². The van der Waals surface area contributed by atoms with Crippen LogP contribution in [0.1, 0.15) is 19.0 Å². The second-order valence-electron chi connectivity index (χ2n) is 3.97. The summed E-state index contributed by atoms with van der Waals surface area (Å²) in [5, 5.41) is 15.7. The molecule has 0 fully saturated rings. The van der Waals surface area contributed by atoms with Crippen molar-refractivity contribution in [2.75, 3.05) is 18.4 Å². The van der Waals surface area contributed by atoms with Crippen molar-refractivity contribution in [3.8, 4) is 0 Å². The van der Waals surface area contributed by atoms with Crippen molar-refractivity contribution >= 4 is 17.3 Å². The Kier molecular flexibility index (Phi) is 5.44. The molecule has 0 saturated carbocycles. The molecule has 1 rings (SSSR count). The van der Waals surface area contributed by atoms with Gasteiger partial charge in [-0.05, 0) is 13.0 Å². The van der Waals surface area contributed by atoms with E-state index in [1.54, 1.807) is 6.92 Å². The topological polar surface area (TPSA) is 97.2 Å². The fraction of sp³-hybridized carbons (Fsp3) is 0.455. The average Bonchev–Trinajstić information content (AvgIpc) is 2.37. The molecular formula is C11H13F3N4O3. The molecule has 0 radical (unpaired) electrons. The van der Waals surface area contributed by atoms with Gasteiger partial charge < -0.3 is 10.6 Å². The quantitative estimate of drug-likeness (QED) is 0.618. The Morgan fingerprint density at radius 2 is 2.14 bits per heavy atom. The number of hydrogen-bond donors (Lipinski definition) is 2. The highest BCUT2D eigenvalue weighted by Crippen LogP contribution is 2.32. The molecule has 1 amide bonds. The lowest BCUT2D eigenvalue weighted by Gasteiger charge is -2.10. The summed E-state index contributed by atoms with van der Waals surface area (Å²) in [5.74, 6) is -0.308. The SMILES string of the molecule is CCNC(=O)CCNc1cc(C(F)(F)F)ncc1[N+](=O)[O-]. The number of nitro groups is 1. The maximum Gasteiger partial charge on any atom is 0.433 e. The van der Waals surface area contributed by atoms with Gasteiger partial charge in [0.2, 0.25) is 5.91 Å². The molecule has 0 aliphatic heterocycles. The van der Waals surface area contributed by atoms with Crippen LogP contribution in [0.15, 0.2) is 12.3 Å². The van der Waals surface area contributed by atoms with Gasteiger partial charge >= 0.3 is 11.9 Å². The zero-order chi connectivity index (χ0) is 16.0. The first-order valence-electron chi connectivity index (χ1n) is 5.98. The third-order valence-corrected chi connectivity index (χ3v) is 2.41. The number of pyridine rings is 1. The first-order valence-corrected chi connectivity index (χ1v) is 5.98. The molecule has 2 N–H and O–H groups in total. The average molecular weight is 306 g/mol. The molecule has 1 aromatic heterocycles. The summed E-state index contributed by atoms with van der Waals surface area (Å²) >= 11 is 0. The highest BCUT2D eigenvalue weighted by atomic mass is 19.4. The number of amides is 1. The van der Waals surface area contributed by atoms with Crippen LogP contribution in [0.4, 0.5) is 24.5 Å². The van der Waals surface area contributed by atoms with Gasteiger partial charge in [0.1, 0.15) is 17.6 Å². The second-order valence-corrected chi connectivity index (χ2v) is 3.97. The van der Waals surface area contributed by atoms with Crippen molar-refractivity contribution in [3.63, 3.8) is 0 Å². The van der Waals surface area contributed by atoms with Crippen LogP contribution in [0.5, 0.6) is 0 Å². The zero-order valence-electron chi connectivity index (χ0n) is 11.0. The Hall–Kier alpha value is -2.39. The monoisotopic (exact) mass is 306 g/mol. The summed E-state index contributed by atoms with van der Waals surface area (Å²) in [4.78, 5) is 24.1. The Morgan fingerprint density at radius 3 is 2.67 bits per heavy atom. The van der Waals surface area contributed by atoms with Gasteiger partial charge in [-0.25, -0.2) is 4.98 Å². The van der Waals surface area contributed by atoms with Crippen LogP contribution in [0.2, 0.25) is 0 Å². The highest BCUT2D eigenvalue weighted by molar-refractivity contribution is 5.76. The molecule has 116 valence electrons. The van der Waals surface area contributed by atoms with Crippen LogP contribution >= 0.6 is 0 Å². The van der Waals surface area contributed by atoms with Gasteiger partial charge in [-0.3, -0.25) is 14.9 Å². The highest BCUT2D eigenvalue weighted by Gasteiger charge is 2.34. The summed E-state index contributed by atoms with van der Waals surface area (Å²) in [6.07, 6.45) is -4.18. The number of hydrogen-bond acceptors (Lipinski definition) is 5. The van der Waals surface area contributed by atoms with Crippen LogP contribution in [0.3, 0.4) is 0 Å². The maximum absolute atomic E-state index is 12.5. The van der Waals surface area contributed by atoms with Gasteiger partial charge in [0.25, 0.3) is 0 Å². The summed E-state index contributed by atoms with van der Waals surface area (Å²) in [7, 11) is 0. The van der Waals surface area contributed by atoms with E-state index in [4.69, 9.17) is 0 Å². The summed E-state index contributed by atoms with van der Waals surface area (Å²) in [5.41, 5.74) is -2.15. The number of alkyl halides is 3. The lowest BCUT2D eigenvalue weighted by atomic mass is 10.2. The molecule has 10 heteroatoms. The van der Waals surface area contributed by atoms with Crippen molar-refractivity contribution in [2.45, 2.75) is 19.5 Å². The number of carbonyl (C=O) groups is 1. The minimum atomic E-state index is -4.70. The maximum atomic E-state index is 12.5. The van der Waals surface area contributed by atoms with E-state index in [0.717, 1.165) is 0 Å². The van der Waals surface area contributed by atoms with Crippen LogP contribution in [0.25, 0.3) is 0 Å². The van der Waals surface area contributed by atoms with Gasteiger partial charge in [-0.15, -0.1) is 0 Å². The molecule has 21 heavy (non-hydrogen) atoms. The third kappa shape index (κ3) is 4.89. The van der Waals surface area contributed by atoms with Crippen molar-refractivity contribution in [2.24, 2.45) is 0 Å². The van der Waals surface area contributed by atoms with Crippen LogP contribution in [0, 0.1) is 10.1 Å². The van der Waals surface area contributed by atoms with Crippen LogP contribution in [-0.4, -0.2) is 28.9 Å². The van der Waals surface area contributed by atoms with Crippen LogP contribution in [-0.2, 0) is 11.0 Å². The minimum absolute atomic E-state index is 0.0192. The second kappa shape index (κ2) is 6.86. The van der Waals surface area contributed by atoms with Crippen molar-refractivity contribution in [3.05, 3.63) is 28.1 Å². The molecular weight excluding hydrogens is 293 g/mol. The number of aromatic nitrogens is 1. The fourth-order valence-electron chi connectivity index (χ4n) is 1.49. The van der Waals surface area contributed by atoms with E-state index in [2.05, 4.69) is 15.6 Å². The number of rotatable bonds is 6. The predicted molar refractivity (Wildman–Crippen MR) is 67.7 cm³/mol. The largest absolute Gasteiger partial charge is 0.433 e. The minimum Gasteiger partial charge on any atom is -0.379 e. The van der Waals surface area contributed by atoms with Gasteiger partial charge in [0.05, 0.1) is 4.92 Å². The van der Waals surface area contributed by atoms with E-state index in [-0.39, 0.29) is 24.6 Å². The van der Waals surface area contributed by atoms with Gasteiger partial charge in [0.15, 0.2) is 0 Å². The Labute approximate surface area is 117 Å². The third-order valence-electron chi connectivity index (χ3n) is 2.41. The molecule has 0 aliphatic rings. The molecule has 0 unspecified atom stereocenters. The van der Waals surface area contributed by atoms with E-state index in [1.165, 1.54) is 0 Å². The van der Waals surface area contributed by atoms with E-state index in [1.807, 2.05) is 0 Å². The molecule has 1 aromatic rings. The molecule has 0 saturated heterocycles. The zero-order valence-corrected chi connectivity index (χ0v) is 11.0. The summed E-state index contributed by atoms with van der Waals surface area (Å²) < 4.78 is 37.6. The van der Waals surface area contributed by atoms with E-state index in [0.29, 0.717) is 18.8 Å². The summed E-state index contributed by atoms with van der Waals surface area (Å²) in [6, 6.07) is 0.551. The number of anilines is 1. The van der Waals surface area contributed by atoms with Crippen molar-refractivity contribution < 1.29 is 22.9 Å². The Balaban J connectivity index is 2.87. The molecule has 0 bridgehead atoms. The standard InChI is InChI=1S/C11H13F3N4O3/c1-2-15-10(19)3-4-16-7-5-9(11(12,13)14)17-6-8(7)18(20)21/h5-6H,2-4H2,1H3,(H,15,19)(H,16,17). The summed E-state index contributed by atoms with van der Waals surface area (Å²) in [6.45, 7) is 2.11. The van der Waals surface area contributed by atoms with Crippen LogP contribution < -0.4 is 10.6 Å². The van der Waals surface area contributed by atoms with Gasteiger partial charge in [0, 0.05) is 19.5 Å². The first kappa shape index (κ1) is 16.7. The molecule has 0 spiro atoms. The first-order chi connectivity index (χ1) is 9.75. The number of carbonyl (C=O) groups excluding carboxylic acids is 1. The predicted octanol–water partition coefficient (Wildman–Crippen LogP) is 1.95. The molecule has 0 aliphatic carbocycles. The molecule has 1 heterocycles. The lowest BCUT2D eigenvalue weighted by molar-refractivity contribution is -0.384. The van der Waals surface area contributed by atoms with Crippen molar-refractivity contribution in [1.82, 2.24) is 10.3 Å². The van der Waals surface area contributed by atoms with Gasteiger partial charge in [-0.1, -0.05) is 0 Å². The molecule has 0 aromatic carbocycles. The Morgan fingerprint density at radius 1 is 1.48 bits per heavy atom. The number of nitrogens with one attached hydrogen (secondary N) is 2. The van der Waals surface area contributed by atoms with E-state index >= 15 is 0 Å². The van der Waals surface area contributed by atoms with E-state index < -0.39 is 22.5 Å². The lowest BCUT2D eigenvalue weighted by Crippen LogP contribution is -2.25. The van der Waals surface area contributed by atoms with Crippen molar-refractivity contribution in [1.29, 1.82) is 0 Å². The normalized spacial score (nSPS) is 11.0. The fourth-order valence-corrected chi connectivity index (χ4v) is 1.49. The Bertz CT molecular complexity index is 534. The molecule has 0 atom stereocenters. The van der Waals surface area contributed by atoms with E-state index in [9.17, 15) is 28.1 Å². The number of nitrogens with zero attached hydrogens (tertiary/aromatic N) is 2.